The predicted octanol–water partition coefficient (Wildman–Crippen LogP) is 2.95. The Labute approximate surface area is 124 Å². The van der Waals surface area contributed by atoms with Gasteiger partial charge in [0.25, 0.3) is 5.69 Å². The number of carboxylic acids is 1. The summed E-state index contributed by atoms with van der Waals surface area (Å²) in [6.07, 6.45) is 0. The van der Waals surface area contributed by atoms with E-state index in [1.54, 1.807) is 25.3 Å². The number of thiazole rings is 1. The first-order valence-electron chi connectivity index (χ1n) is 5.94. The second kappa shape index (κ2) is 5.88. The van der Waals surface area contributed by atoms with E-state index in [0.29, 0.717) is 17.0 Å². The minimum Gasteiger partial charge on any atom is -0.487 e. The van der Waals surface area contributed by atoms with Crippen LogP contribution in [0.1, 0.15) is 26.6 Å². The van der Waals surface area contributed by atoms with Crippen LogP contribution in [0.3, 0.4) is 0 Å². The third-order valence-electron chi connectivity index (χ3n) is 2.80. The number of aryl methyl sites for hydroxylation is 2. The summed E-state index contributed by atoms with van der Waals surface area (Å²) in [5.41, 5.74) is 1.79. The zero-order valence-corrected chi connectivity index (χ0v) is 12.1. The van der Waals surface area contributed by atoms with Gasteiger partial charge in [-0.05, 0) is 25.5 Å². The van der Waals surface area contributed by atoms with Gasteiger partial charge < -0.3 is 9.84 Å². The molecule has 0 aliphatic rings. The molecule has 0 saturated heterocycles. The van der Waals surface area contributed by atoms with Gasteiger partial charge in [0.1, 0.15) is 12.4 Å². The zero-order valence-electron chi connectivity index (χ0n) is 11.3. The molecule has 0 saturated carbocycles. The molecule has 0 aliphatic carbocycles. The molecule has 1 N–H and O–H groups in total. The number of carboxylic acid groups (broad SMARTS) is 1. The quantitative estimate of drug-likeness (QED) is 0.673. The summed E-state index contributed by atoms with van der Waals surface area (Å²) in [4.78, 5) is 25.1. The van der Waals surface area contributed by atoms with Crippen LogP contribution in [0.2, 0.25) is 0 Å². The first-order valence-corrected chi connectivity index (χ1v) is 6.82. The predicted molar refractivity (Wildman–Crippen MR) is 76.0 cm³/mol. The van der Waals surface area contributed by atoms with Gasteiger partial charge in [-0.1, -0.05) is 0 Å². The van der Waals surface area contributed by atoms with Crippen molar-refractivity contribution in [1.82, 2.24) is 4.98 Å². The van der Waals surface area contributed by atoms with Gasteiger partial charge in [0.2, 0.25) is 5.01 Å². The fraction of sp³-hybridized carbons (Fsp3) is 0.231. The lowest BCUT2D eigenvalue weighted by Crippen LogP contribution is -2.01. The summed E-state index contributed by atoms with van der Waals surface area (Å²) in [6.45, 7) is 3.51. The van der Waals surface area contributed by atoms with Gasteiger partial charge in [-0.15, -0.1) is 11.3 Å². The number of nitrogens with zero attached hydrogens (tertiary/aromatic N) is 2. The van der Waals surface area contributed by atoms with Gasteiger partial charge >= 0.3 is 5.97 Å². The highest BCUT2D eigenvalue weighted by Crippen LogP contribution is 2.28. The van der Waals surface area contributed by atoms with Crippen LogP contribution in [0.25, 0.3) is 0 Å². The van der Waals surface area contributed by atoms with Crippen molar-refractivity contribution in [3.05, 3.63) is 49.5 Å². The van der Waals surface area contributed by atoms with Gasteiger partial charge in [-0.3, -0.25) is 10.1 Å². The molecule has 0 fully saturated rings. The van der Waals surface area contributed by atoms with Crippen LogP contribution in [0, 0.1) is 24.0 Å². The molecule has 0 amide bonds. The number of hydrogen-bond donors (Lipinski definition) is 1. The highest BCUT2D eigenvalue weighted by atomic mass is 32.1. The van der Waals surface area contributed by atoms with E-state index in [9.17, 15) is 14.9 Å². The summed E-state index contributed by atoms with van der Waals surface area (Å²) in [5.74, 6) is -0.703. The standard InChI is InChI=1S/C13H12N2O5S/c1-7-3-8(2)11(4-10(7)15(18)19)20-5-9-6-21-12(14-9)13(16)17/h3-4,6H,5H2,1-2H3,(H,16,17). The topological polar surface area (TPSA) is 103 Å². The number of rotatable bonds is 5. The van der Waals surface area contributed by atoms with Crippen LogP contribution in [0.4, 0.5) is 5.69 Å². The van der Waals surface area contributed by atoms with E-state index < -0.39 is 10.9 Å². The normalized spacial score (nSPS) is 10.4. The van der Waals surface area contributed by atoms with E-state index in [1.165, 1.54) is 6.07 Å². The number of nitro groups is 1. The van der Waals surface area contributed by atoms with E-state index in [2.05, 4.69) is 4.98 Å². The molecule has 2 rings (SSSR count). The second-order valence-corrected chi connectivity index (χ2v) is 5.26. The Morgan fingerprint density at radius 2 is 2.14 bits per heavy atom. The number of benzene rings is 1. The van der Waals surface area contributed by atoms with E-state index in [4.69, 9.17) is 9.84 Å². The molecule has 0 radical (unpaired) electrons. The maximum Gasteiger partial charge on any atom is 0.365 e. The largest absolute Gasteiger partial charge is 0.487 e. The highest BCUT2D eigenvalue weighted by molar-refractivity contribution is 7.11. The van der Waals surface area contributed by atoms with Crippen molar-refractivity contribution < 1.29 is 19.6 Å². The summed E-state index contributed by atoms with van der Waals surface area (Å²) < 4.78 is 5.51. The van der Waals surface area contributed by atoms with Gasteiger partial charge in [0, 0.05) is 10.9 Å². The summed E-state index contributed by atoms with van der Waals surface area (Å²) in [6, 6.07) is 3.05. The Bertz CT molecular complexity index is 711. The van der Waals surface area contributed by atoms with Crippen LogP contribution >= 0.6 is 11.3 Å². The van der Waals surface area contributed by atoms with Crippen LogP contribution in [-0.4, -0.2) is 21.0 Å². The monoisotopic (exact) mass is 308 g/mol. The van der Waals surface area contributed by atoms with Crippen molar-refractivity contribution in [3.8, 4) is 5.75 Å². The molecule has 8 heteroatoms. The Morgan fingerprint density at radius 1 is 1.43 bits per heavy atom. The Hall–Kier alpha value is -2.48. The number of carbonyl (C=O) groups is 1. The molecule has 1 heterocycles. The third kappa shape index (κ3) is 3.34. The van der Waals surface area contributed by atoms with Crippen molar-refractivity contribution in [2.45, 2.75) is 20.5 Å². The fourth-order valence-corrected chi connectivity index (χ4v) is 2.44. The van der Waals surface area contributed by atoms with E-state index >= 15 is 0 Å². The molecule has 0 unspecified atom stereocenters. The second-order valence-electron chi connectivity index (χ2n) is 4.40. The van der Waals surface area contributed by atoms with Gasteiger partial charge in [0.15, 0.2) is 0 Å². The molecule has 0 aliphatic heterocycles. The molecule has 1 aromatic carbocycles. The zero-order chi connectivity index (χ0) is 15.6. The molecule has 21 heavy (non-hydrogen) atoms. The SMILES string of the molecule is Cc1cc(C)c([N+](=O)[O-])cc1OCc1csc(C(=O)O)n1. The molecular formula is C13H12N2O5S. The van der Waals surface area contributed by atoms with Crippen LogP contribution in [-0.2, 0) is 6.61 Å². The van der Waals surface area contributed by atoms with E-state index in [1.807, 2.05) is 0 Å². The smallest absolute Gasteiger partial charge is 0.365 e. The highest BCUT2D eigenvalue weighted by Gasteiger charge is 2.15. The van der Waals surface area contributed by atoms with Gasteiger partial charge in [-0.25, -0.2) is 9.78 Å². The summed E-state index contributed by atoms with van der Waals surface area (Å²) >= 11 is 1.01. The van der Waals surface area contributed by atoms with Gasteiger partial charge in [-0.2, -0.15) is 0 Å². The van der Waals surface area contributed by atoms with Crippen molar-refractivity contribution in [2.75, 3.05) is 0 Å². The van der Waals surface area contributed by atoms with Crippen LogP contribution in [0.15, 0.2) is 17.5 Å². The lowest BCUT2D eigenvalue weighted by Gasteiger charge is -2.09. The minimum atomic E-state index is -1.09. The maximum absolute atomic E-state index is 10.9. The average molecular weight is 308 g/mol. The number of hydrogen-bond acceptors (Lipinski definition) is 6. The van der Waals surface area contributed by atoms with Crippen molar-refractivity contribution >= 4 is 23.0 Å². The summed E-state index contributed by atoms with van der Waals surface area (Å²) in [5, 5.41) is 21.3. The van der Waals surface area contributed by atoms with Crippen molar-refractivity contribution in [2.24, 2.45) is 0 Å². The Kier molecular flexibility index (Phi) is 4.18. The van der Waals surface area contributed by atoms with E-state index in [0.717, 1.165) is 16.9 Å². The molecule has 7 nitrogen and oxygen atoms in total. The number of aromatic nitrogens is 1. The van der Waals surface area contributed by atoms with Crippen molar-refractivity contribution in [1.29, 1.82) is 0 Å². The first-order chi connectivity index (χ1) is 9.88. The molecular weight excluding hydrogens is 296 g/mol. The molecule has 2 aromatic rings. The maximum atomic E-state index is 10.9. The number of nitro benzene ring substituents is 1. The lowest BCUT2D eigenvalue weighted by molar-refractivity contribution is -0.385. The Morgan fingerprint density at radius 3 is 2.71 bits per heavy atom. The first kappa shape index (κ1) is 14.9. The molecule has 0 bridgehead atoms. The van der Waals surface area contributed by atoms with E-state index in [-0.39, 0.29) is 17.3 Å². The minimum absolute atomic E-state index is 0.0137. The number of aromatic carboxylic acids is 1. The van der Waals surface area contributed by atoms with Crippen molar-refractivity contribution in [3.63, 3.8) is 0 Å². The van der Waals surface area contributed by atoms with Crippen LogP contribution in [0.5, 0.6) is 5.75 Å². The summed E-state index contributed by atoms with van der Waals surface area (Å²) in [7, 11) is 0. The molecule has 1 aromatic heterocycles. The van der Waals surface area contributed by atoms with Crippen LogP contribution < -0.4 is 4.74 Å². The lowest BCUT2D eigenvalue weighted by atomic mass is 10.1. The molecule has 110 valence electrons. The Balaban J connectivity index is 2.17. The molecule has 0 spiro atoms. The average Bonchev–Trinajstić information content (AvgIpc) is 2.86. The fourth-order valence-electron chi connectivity index (χ4n) is 1.80. The van der Waals surface area contributed by atoms with Gasteiger partial charge in [0.05, 0.1) is 16.7 Å². The molecule has 0 atom stereocenters. The number of ether oxygens (including phenoxy) is 1. The third-order valence-corrected chi connectivity index (χ3v) is 3.68.